The third-order valence-corrected chi connectivity index (χ3v) is 5.48. The predicted octanol–water partition coefficient (Wildman–Crippen LogP) is -0.925. The molecule has 0 aromatic heterocycles. The standard InChI is InChI=1S/C10H18N2O5S/c1-12(6-9(11)13)18(15,16)8-5-3-4-7(8)10(14)17-2/h7-8H,3-6H2,1-2H3,(H2,11,13). The molecule has 1 saturated carbocycles. The Hall–Kier alpha value is -1.15. The Kier molecular flexibility index (Phi) is 4.69. The van der Waals surface area contributed by atoms with Crippen LogP contribution in [0, 0.1) is 5.92 Å². The lowest BCUT2D eigenvalue weighted by molar-refractivity contribution is -0.145. The van der Waals surface area contributed by atoms with Gasteiger partial charge in [-0.3, -0.25) is 9.59 Å². The second kappa shape index (κ2) is 5.66. The highest BCUT2D eigenvalue weighted by molar-refractivity contribution is 7.89. The number of hydrogen-bond donors (Lipinski definition) is 1. The highest BCUT2D eigenvalue weighted by Crippen LogP contribution is 2.33. The maximum Gasteiger partial charge on any atom is 0.310 e. The third kappa shape index (κ3) is 2.99. The molecule has 1 fully saturated rings. The number of likely N-dealkylation sites (N-methyl/N-ethyl adjacent to an activating group) is 1. The highest BCUT2D eigenvalue weighted by Gasteiger charge is 2.44. The molecule has 104 valence electrons. The first-order valence-corrected chi connectivity index (χ1v) is 7.12. The van der Waals surface area contributed by atoms with Crippen molar-refractivity contribution in [1.82, 2.24) is 4.31 Å². The molecule has 8 heteroatoms. The Morgan fingerprint density at radius 3 is 2.50 bits per heavy atom. The largest absolute Gasteiger partial charge is 0.469 e. The second-order valence-electron chi connectivity index (χ2n) is 4.37. The van der Waals surface area contributed by atoms with Crippen molar-refractivity contribution in [2.45, 2.75) is 24.5 Å². The van der Waals surface area contributed by atoms with Crippen LogP contribution in [0.1, 0.15) is 19.3 Å². The summed E-state index contributed by atoms with van der Waals surface area (Å²) >= 11 is 0. The minimum Gasteiger partial charge on any atom is -0.469 e. The molecule has 0 saturated heterocycles. The monoisotopic (exact) mass is 278 g/mol. The van der Waals surface area contributed by atoms with E-state index in [-0.39, 0.29) is 6.54 Å². The molecule has 18 heavy (non-hydrogen) atoms. The summed E-state index contributed by atoms with van der Waals surface area (Å²) < 4.78 is 29.9. The summed E-state index contributed by atoms with van der Waals surface area (Å²) in [5.74, 6) is -1.91. The smallest absolute Gasteiger partial charge is 0.310 e. The van der Waals surface area contributed by atoms with E-state index < -0.39 is 33.1 Å². The molecule has 1 aliphatic carbocycles. The van der Waals surface area contributed by atoms with Crippen LogP contribution in [-0.2, 0) is 24.3 Å². The molecule has 7 nitrogen and oxygen atoms in total. The van der Waals surface area contributed by atoms with Gasteiger partial charge in [-0.2, -0.15) is 4.31 Å². The van der Waals surface area contributed by atoms with Gasteiger partial charge in [0.1, 0.15) is 0 Å². The van der Waals surface area contributed by atoms with Crippen LogP contribution in [0.2, 0.25) is 0 Å². The maximum absolute atomic E-state index is 12.2. The zero-order valence-electron chi connectivity index (χ0n) is 10.5. The van der Waals surface area contributed by atoms with E-state index in [1.165, 1.54) is 14.2 Å². The lowest BCUT2D eigenvalue weighted by Gasteiger charge is -2.23. The number of ether oxygens (including phenoxy) is 1. The van der Waals surface area contributed by atoms with Gasteiger partial charge in [-0.1, -0.05) is 6.42 Å². The molecule has 0 aromatic rings. The molecular formula is C10H18N2O5S. The molecule has 0 heterocycles. The molecular weight excluding hydrogens is 260 g/mol. The average Bonchev–Trinajstić information content (AvgIpc) is 2.76. The molecule has 2 unspecified atom stereocenters. The number of sulfonamides is 1. The van der Waals surface area contributed by atoms with Crippen LogP contribution in [0.3, 0.4) is 0 Å². The Morgan fingerprint density at radius 1 is 1.39 bits per heavy atom. The summed E-state index contributed by atoms with van der Waals surface area (Å²) in [5, 5.41) is -0.825. The molecule has 1 amide bonds. The predicted molar refractivity (Wildman–Crippen MR) is 63.9 cm³/mol. The average molecular weight is 278 g/mol. The maximum atomic E-state index is 12.2. The van der Waals surface area contributed by atoms with Crippen LogP contribution >= 0.6 is 0 Å². The van der Waals surface area contributed by atoms with E-state index in [9.17, 15) is 18.0 Å². The zero-order chi connectivity index (χ0) is 13.9. The lowest BCUT2D eigenvalue weighted by atomic mass is 10.1. The summed E-state index contributed by atoms with van der Waals surface area (Å²) in [6.07, 6.45) is 1.53. The zero-order valence-corrected chi connectivity index (χ0v) is 11.3. The Morgan fingerprint density at radius 2 is 2.00 bits per heavy atom. The van der Waals surface area contributed by atoms with Crippen molar-refractivity contribution >= 4 is 21.9 Å². The number of carbonyl (C=O) groups excluding carboxylic acids is 2. The van der Waals surface area contributed by atoms with Gasteiger partial charge in [-0.15, -0.1) is 0 Å². The Balaban J connectivity index is 2.90. The van der Waals surface area contributed by atoms with Gasteiger partial charge in [0.15, 0.2) is 0 Å². The van der Waals surface area contributed by atoms with Crippen LogP contribution < -0.4 is 5.73 Å². The van der Waals surface area contributed by atoms with Crippen molar-refractivity contribution in [2.24, 2.45) is 11.7 Å². The Bertz CT molecular complexity index is 434. The third-order valence-electron chi connectivity index (χ3n) is 3.15. The van der Waals surface area contributed by atoms with Crippen LogP contribution in [0.4, 0.5) is 0 Å². The second-order valence-corrected chi connectivity index (χ2v) is 6.63. The number of nitrogens with two attached hydrogens (primary N) is 1. The van der Waals surface area contributed by atoms with Gasteiger partial charge in [-0.05, 0) is 12.8 Å². The van der Waals surface area contributed by atoms with Crippen molar-refractivity contribution < 1.29 is 22.7 Å². The number of esters is 1. The molecule has 2 atom stereocenters. The topological polar surface area (TPSA) is 107 Å². The van der Waals surface area contributed by atoms with Gasteiger partial charge in [0.25, 0.3) is 0 Å². The van der Waals surface area contributed by atoms with Crippen LogP contribution in [0.5, 0.6) is 0 Å². The number of primary amides is 1. The fraction of sp³-hybridized carbons (Fsp3) is 0.800. The number of methoxy groups -OCH3 is 1. The summed E-state index contributed by atoms with van der Waals surface area (Å²) in [6.45, 7) is -0.382. The molecule has 0 radical (unpaired) electrons. The number of hydrogen-bond acceptors (Lipinski definition) is 5. The van der Waals surface area contributed by atoms with Crippen molar-refractivity contribution in [1.29, 1.82) is 0 Å². The van der Waals surface area contributed by atoms with Gasteiger partial charge in [0.05, 0.1) is 24.8 Å². The molecule has 0 bridgehead atoms. The van der Waals surface area contributed by atoms with Crippen molar-refractivity contribution in [2.75, 3.05) is 20.7 Å². The van der Waals surface area contributed by atoms with Crippen molar-refractivity contribution in [3.05, 3.63) is 0 Å². The molecule has 2 N–H and O–H groups in total. The van der Waals surface area contributed by atoms with Gasteiger partial charge in [0, 0.05) is 7.05 Å². The van der Waals surface area contributed by atoms with E-state index in [1.54, 1.807) is 0 Å². The van der Waals surface area contributed by atoms with Crippen LogP contribution in [0.25, 0.3) is 0 Å². The first-order valence-electron chi connectivity index (χ1n) is 5.62. The molecule has 0 aliphatic heterocycles. The fourth-order valence-electron chi connectivity index (χ4n) is 2.24. The highest BCUT2D eigenvalue weighted by atomic mass is 32.2. The van der Waals surface area contributed by atoms with E-state index >= 15 is 0 Å². The normalized spacial score (nSPS) is 24.2. The first-order chi connectivity index (χ1) is 8.30. The molecule has 0 spiro atoms. The van der Waals surface area contributed by atoms with E-state index in [0.717, 1.165) is 4.31 Å². The van der Waals surface area contributed by atoms with Crippen LogP contribution in [0.15, 0.2) is 0 Å². The van der Waals surface area contributed by atoms with Gasteiger partial charge in [-0.25, -0.2) is 8.42 Å². The minimum absolute atomic E-state index is 0.382. The summed E-state index contributed by atoms with van der Waals surface area (Å²) in [7, 11) is -1.19. The summed E-state index contributed by atoms with van der Waals surface area (Å²) in [4.78, 5) is 22.3. The fourth-order valence-corrected chi connectivity index (χ4v) is 4.14. The quantitative estimate of drug-likeness (QED) is 0.654. The first kappa shape index (κ1) is 14.9. The summed E-state index contributed by atoms with van der Waals surface area (Å²) in [6, 6.07) is 0. The summed E-state index contributed by atoms with van der Waals surface area (Å²) in [5.41, 5.74) is 4.97. The number of nitrogens with zero attached hydrogens (tertiary/aromatic N) is 1. The van der Waals surface area contributed by atoms with Gasteiger partial charge in [0.2, 0.25) is 15.9 Å². The van der Waals surface area contributed by atoms with Crippen molar-refractivity contribution in [3.8, 4) is 0 Å². The molecule has 1 aliphatic rings. The number of amides is 1. The van der Waals surface area contributed by atoms with E-state index in [1.807, 2.05) is 0 Å². The lowest BCUT2D eigenvalue weighted by Crippen LogP contribution is -2.43. The Labute approximate surface area is 106 Å². The molecule has 0 aromatic carbocycles. The number of carbonyl (C=O) groups is 2. The minimum atomic E-state index is -3.71. The van der Waals surface area contributed by atoms with E-state index in [0.29, 0.717) is 19.3 Å². The van der Waals surface area contributed by atoms with Crippen molar-refractivity contribution in [3.63, 3.8) is 0 Å². The molecule has 1 rings (SSSR count). The number of rotatable bonds is 5. The SMILES string of the molecule is COC(=O)C1CCCC1S(=O)(=O)N(C)CC(N)=O. The van der Waals surface area contributed by atoms with Gasteiger partial charge >= 0.3 is 5.97 Å². The van der Waals surface area contributed by atoms with Crippen LogP contribution in [-0.4, -0.2) is 50.6 Å². The van der Waals surface area contributed by atoms with Gasteiger partial charge < -0.3 is 10.5 Å². The van der Waals surface area contributed by atoms with E-state index in [4.69, 9.17) is 5.73 Å². The van der Waals surface area contributed by atoms with E-state index in [2.05, 4.69) is 4.74 Å².